The molecule has 0 saturated heterocycles. The van der Waals surface area contributed by atoms with Gasteiger partial charge >= 0.3 is 5.97 Å². The van der Waals surface area contributed by atoms with Crippen molar-refractivity contribution in [1.29, 1.82) is 0 Å². The fraction of sp³-hybridized carbons (Fsp3) is 0.0417. The van der Waals surface area contributed by atoms with E-state index in [1.54, 1.807) is 52.7 Å². The maximum atomic E-state index is 13.2. The first-order valence-corrected chi connectivity index (χ1v) is 11.9. The molecule has 0 amide bonds. The second-order valence-electron chi connectivity index (χ2n) is 6.76. The molecule has 4 rings (SSSR count). The van der Waals surface area contributed by atoms with Crippen molar-refractivity contribution in [2.45, 2.75) is 10.8 Å². The van der Waals surface area contributed by atoms with E-state index < -0.39 is 16.0 Å². The van der Waals surface area contributed by atoms with Crippen molar-refractivity contribution in [3.05, 3.63) is 107 Å². The molecule has 0 unspecified atom stereocenters. The van der Waals surface area contributed by atoms with Crippen molar-refractivity contribution in [1.82, 2.24) is 8.87 Å². The number of para-hydroxylation sites is 1. The van der Waals surface area contributed by atoms with E-state index in [9.17, 15) is 18.3 Å². The van der Waals surface area contributed by atoms with Crippen LogP contribution in [0.3, 0.4) is 0 Å². The third-order valence-corrected chi connectivity index (χ3v) is 7.68. The molecule has 0 fully saturated rings. The van der Waals surface area contributed by atoms with Crippen LogP contribution in [0, 0.1) is 12.0 Å². The van der Waals surface area contributed by atoms with Crippen LogP contribution < -0.4 is 0 Å². The second kappa shape index (κ2) is 10.6. The Morgan fingerprint density at radius 3 is 2.33 bits per heavy atom. The molecule has 2 heterocycles. The zero-order chi connectivity index (χ0) is 22.6. The van der Waals surface area contributed by atoms with E-state index in [0.717, 1.165) is 21.2 Å². The van der Waals surface area contributed by atoms with Gasteiger partial charge in [-0.2, -0.15) is 8.42 Å². The Hall–Kier alpha value is -3.20. The Bertz CT molecular complexity index is 1390. The van der Waals surface area contributed by atoms with Gasteiger partial charge < -0.3 is 9.67 Å². The third kappa shape index (κ3) is 5.41. The number of thiophene rings is 1. The molecular weight excluding hydrogens is 451 g/mol. The summed E-state index contributed by atoms with van der Waals surface area (Å²) in [5, 5.41) is 11.3. The summed E-state index contributed by atoms with van der Waals surface area (Å²) < 4.78 is 29.4. The molecule has 1 radical (unpaired) electrons. The van der Waals surface area contributed by atoms with Gasteiger partial charge in [0.1, 0.15) is 4.21 Å². The average molecular weight is 469 g/mol. The summed E-state index contributed by atoms with van der Waals surface area (Å²) in [6.45, 7) is 0.0611. The molecule has 6 nitrogen and oxygen atoms in total. The van der Waals surface area contributed by atoms with Crippen molar-refractivity contribution < 1.29 is 18.3 Å². The molecule has 0 aliphatic rings. The van der Waals surface area contributed by atoms with Gasteiger partial charge in [0.05, 0.1) is 23.4 Å². The molecule has 0 aliphatic carbocycles. The minimum Gasteiger partial charge on any atom is -0.478 e. The number of carboxylic acids is 1. The largest absolute Gasteiger partial charge is 0.478 e. The number of aromatic nitrogens is 1. The van der Waals surface area contributed by atoms with E-state index in [1.165, 1.54) is 12.1 Å². The van der Waals surface area contributed by atoms with Crippen LogP contribution in [0.1, 0.15) is 21.5 Å². The molecule has 0 saturated carbocycles. The van der Waals surface area contributed by atoms with Crippen LogP contribution in [0.15, 0.2) is 94.8 Å². The standard InChI is InChI=1S/C24H18N2O4S2.Li/c27-24(28)21-11-6-10-20(23(21)25-14-4-5-15-25)13-16-26(18-19-8-2-1-3-9-19)32(29,30)22-12-7-17-31-22;/h1-12,14-15,17H,18H2,(H,27,28);. The van der Waals surface area contributed by atoms with E-state index in [0.29, 0.717) is 11.3 Å². The van der Waals surface area contributed by atoms with E-state index in [2.05, 4.69) is 12.0 Å². The third-order valence-electron chi connectivity index (χ3n) is 4.65. The van der Waals surface area contributed by atoms with E-state index in [4.69, 9.17) is 0 Å². The maximum absolute atomic E-state index is 13.2. The molecule has 0 aliphatic heterocycles. The fourth-order valence-electron chi connectivity index (χ4n) is 3.15. The number of rotatable bonds is 6. The Morgan fingerprint density at radius 1 is 0.970 bits per heavy atom. The van der Waals surface area contributed by atoms with Gasteiger partial charge in [0.15, 0.2) is 0 Å². The molecule has 0 bridgehead atoms. The topological polar surface area (TPSA) is 79.6 Å². The zero-order valence-electron chi connectivity index (χ0n) is 17.8. The Balaban J connectivity index is 0.00000306. The van der Waals surface area contributed by atoms with Crippen LogP contribution in [0.25, 0.3) is 5.69 Å². The van der Waals surface area contributed by atoms with Crippen molar-refractivity contribution in [3.63, 3.8) is 0 Å². The minimum absolute atomic E-state index is 0. The first kappa shape index (κ1) is 24.4. The van der Waals surface area contributed by atoms with Crippen molar-refractivity contribution >= 4 is 46.2 Å². The molecule has 0 spiro atoms. The van der Waals surface area contributed by atoms with E-state index in [1.807, 2.05) is 30.3 Å². The molecule has 1 N–H and O–H groups in total. The van der Waals surface area contributed by atoms with Crippen LogP contribution in [-0.4, -0.2) is 47.2 Å². The average Bonchev–Trinajstić information content (AvgIpc) is 3.51. The van der Waals surface area contributed by atoms with Gasteiger partial charge in [-0.05, 0) is 47.2 Å². The molecule has 33 heavy (non-hydrogen) atoms. The summed E-state index contributed by atoms with van der Waals surface area (Å²) in [5.74, 6) is 1.81. The Labute approximate surface area is 208 Å². The van der Waals surface area contributed by atoms with Crippen LogP contribution in [0.5, 0.6) is 0 Å². The smallest absolute Gasteiger partial charge is 0.337 e. The SMILES string of the molecule is O=C(O)c1cccc(C#CN(Cc2ccccc2)S(=O)(=O)c2cccs2)c1-n1cccc1.[Li]. The predicted octanol–water partition coefficient (Wildman–Crippen LogP) is 4.06. The normalized spacial score (nSPS) is 10.5. The minimum atomic E-state index is -3.86. The first-order valence-electron chi connectivity index (χ1n) is 9.58. The molecule has 0 atom stereocenters. The number of hydrogen-bond acceptors (Lipinski definition) is 4. The van der Waals surface area contributed by atoms with Crippen LogP contribution in [0.2, 0.25) is 0 Å². The number of hydrogen-bond donors (Lipinski definition) is 1. The van der Waals surface area contributed by atoms with Crippen molar-refractivity contribution in [2.24, 2.45) is 0 Å². The summed E-state index contributed by atoms with van der Waals surface area (Å²) in [5.41, 5.74) is 1.64. The van der Waals surface area contributed by atoms with Gasteiger partial charge in [0, 0.05) is 37.3 Å². The maximum Gasteiger partial charge on any atom is 0.337 e. The molecule has 2 aromatic carbocycles. The van der Waals surface area contributed by atoms with Gasteiger partial charge in [-0.3, -0.25) is 0 Å². The van der Waals surface area contributed by atoms with Crippen LogP contribution in [-0.2, 0) is 16.6 Å². The summed E-state index contributed by atoms with van der Waals surface area (Å²) in [4.78, 5) is 11.8. The van der Waals surface area contributed by atoms with Crippen LogP contribution >= 0.6 is 11.3 Å². The van der Waals surface area contributed by atoms with Gasteiger partial charge in [-0.1, -0.05) is 42.5 Å². The number of carbonyl (C=O) groups is 1. The van der Waals surface area contributed by atoms with Gasteiger partial charge in [-0.25, -0.2) is 9.10 Å². The van der Waals surface area contributed by atoms with E-state index in [-0.39, 0.29) is 35.2 Å². The summed E-state index contributed by atoms with van der Waals surface area (Å²) >= 11 is 1.12. The number of carboxylic acid groups (broad SMARTS) is 1. The first-order chi connectivity index (χ1) is 15.5. The molecule has 9 heteroatoms. The Kier molecular flexibility index (Phi) is 7.86. The van der Waals surface area contributed by atoms with Gasteiger partial charge in [-0.15, -0.1) is 11.3 Å². The summed E-state index contributed by atoms with van der Waals surface area (Å²) in [7, 11) is -3.86. The zero-order valence-corrected chi connectivity index (χ0v) is 19.4. The molecule has 2 aromatic heterocycles. The number of nitrogens with zero attached hydrogens (tertiary/aromatic N) is 2. The van der Waals surface area contributed by atoms with Gasteiger partial charge in [0.25, 0.3) is 10.0 Å². The summed E-state index contributed by atoms with van der Waals surface area (Å²) in [6.07, 6.45) is 3.44. The van der Waals surface area contributed by atoms with Crippen molar-refractivity contribution in [2.75, 3.05) is 0 Å². The number of sulfonamides is 1. The molecule has 4 aromatic rings. The van der Waals surface area contributed by atoms with E-state index >= 15 is 0 Å². The number of aromatic carboxylic acids is 1. The number of benzene rings is 2. The van der Waals surface area contributed by atoms with Crippen molar-refractivity contribution in [3.8, 4) is 17.7 Å². The van der Waals surface area contributed by atoms with Crippen LogP contribution in [0.4, 0.5) is 0 Å². The quantitative estimate of drug-likeness (QED) is 0.262. The predicted molar refractivity (Wildman–Crippen MR) is 129 cm³/mol. The summed E-state index contributed by atoms with van der Waals surface area (Å²) in [6, 6.07) is 23.5. The Morgan fingerprint density at radius 2 is 1.70 bits per heavy atom. The second-order valence-corrected chi connectivity index (χ2v) is 9.80. The molecule has 161 valence electrons. The monoisotopic (exact) mass is 469 g/mol. The fourth-order valence-corrected chi connectivity index (χ4v) is 5.48. The van der Waals surface area contributed by atoms with Gasteiger partial charge in [0.2, 0.25) is 0 Å². The molecular formula is C24H18LiN2O4S2.